The van der Waals surface area contributed by atoms with Crippen molar-refractivity contribution in [1.82, 2.24) is 10.2 Å². The zero-order chi connectivity index (χ0) is 20.9. The van der Waals surface area contributed by atoms with Crippen LogP contribution in [0.4, 0.5) is 4.79 Å². The first-order valence-corrected chi connectivity index (χ1v) is 10.2. The molecule has 0 saturated heterocycles. The standard InChI is InChI=1S/C25H25N3O2/c26-25(30)28-17-21-10-4-5-11-22(21)23(28)19-12-14-20(15-13-19)24(29)27-16-6-9-18-7-2-1-3-8-18/h1-5,7-8,10-15,23H,6,9,16-17H2,(H2,26,30)(H,27,29). The lowest BCUT2D eigenvalue weighted by atomic mass is 9.97. The van der Waals surface area contributed by atoms with Gasteiger partial charge in [-0.25, -0.2) is 4.79 Å². The molecular weight excluding hydrogens is 374 g/mol. The van der Waals surface area contributed by atoms with E-state index < -0.39 is 6.03 Å². The second kappa shape index (κ2) is 8.82. The van der Waals surface area contributed by atoms with Gasteiger partial charge in [-0.05, 0) is 47.2 Å². The molecule has 1 aliphatic heterocycles. The van der Waals surface area contributed by atoms with Gasteiger partial charge in [0.15, 0.2) is 0 Å². The highest BCUT2D eigenvalue weighted by atomic mass is 16.2. The summed E-state index contributed by atoms with van der Waals surface area (Å²) in [6.07, 6.45) is 1.82. The van der Waals surface area contributed by atoms with Gasteiger partial charge < -0.3 is 16.0 Å². The van der Waals surface area contributed by atoms with Crippen LogP contribution in [0, 0.1) is 0 Å². The first-order valence-electron chi connectivity index (χ1n) is 10.2. The normalized spacial score (nSPS) is 14.9. The minimum atomic E-state index is -0.448. The first kappa shape index (κ1) is 19.7. The van der Waals surface area contributed by atoms with Gasteiger partial charge in [0.25, 0.3) is 5.91 Å². The average Bonchev–Trinajstić information content (AvgIpc) is 3.17. The molecular formula is C25H25N3O2. The molecule has 0 fully saturated rings. The van der Waals surface area contributed by atoms with Crippen LogP contribution in [0.5, 0.6) is 0 Å². The van der Waals surface area contributed by atoms with Gasteiger partial charge in [-0.1, -0.05) is 66.7 Å². The summed E-state index contributed by atoms with van der Waals surface area (Å²) in [5.41, 5.74) is 10.6. The number of hydrogen-bond acceptors (Lipinski definition) is 2. The molecule has 0 aliphatic carbocycles. The van der Waals surface area contributed by atoms with E-state index in [1.807, 2.05) is 66.7 Å². The van der Waals surface area contributed by atoms with E-state index in [1.165, 1.54) is 5.56 Å². The molecule has 3 aromatic rings. The highest BCUT2D eigenvalue weighted by Gasteiger charge is 2.33. The van der Waals surface area contributed by atoms with Crippen LogP contribution in [0.1, 0.15) is 45.1 Å². The molecule has 1 atom stereocenters. The summed E-state index contributed by atoms with van der Waals surface area (Å²) < 4.78 is 0. The summed E-state index contributed by atoms with van der Waals surface area (Å²) >= 11 is 0. The molecule has 0 radical (unpaired) electrons. The van der Waals surface area contributed by atoms with Gasteiger partial charge in [0.1, 0.15) is 0 Å². The van der Waals surface area contributed by atoms with E-state index in [9.17, 15) is 9.59 Å². The number of carbonyl (C=O) groups is 2. The fourth-order valence-corrected chi connectivity index (χ4v) is 4.01. The van der Waals surface area contributed by atoms with Gasteiger partial charge in [-0.15, -0.1) is 0 Å². The number of nitrogens with one attached hydrogen (secondary N) is 1. The molecule has 1 unspecified atom stereocenters. The number of nitrogens with zero attached hydrogens (tertiary/aromatic N) is 1. The Morgan fingerprint density at radius 3 is 2.37 bits per heavy atom. The highest BCUT2D eigenvalue weighted by Crippen LogP contribution is 2.38. The van der Waals surface area contributed by atoms with Gasteiger partial charge in [-0.2, -0.15) is 0 Å². The molecule has 0 spiro atoms. The number of aryl methyl sites for hydroxylation is 1. The monoisotopic (exact) mass is 399 g/mol. The zero-order valence-electron chi connectivity index (χ0n) is 16.8. The second-order valence-corrected chi connectivity index (χ2v) is 7.53. The smallest absolute Gasteiger partial charge is 0.315 e. The zero-order valence-corrected chi connectivity index (χ0v) is 16.8. The van der Waals surface area contributed by atoms with Crippen molar-refractivity contribution < 1.29 is 9.59 Å². The van der Waals surface area contributed by atoms with E-state index in [4.69, 9.17) is 5.73 Å². The maximum Gasteiger partial charge on any atom is 0.315 e. The highest BCUT2D eigenvalue weighted by molar-refractivity contribution is 5.94. The Morgan fingerprint density at radius 2 is 1.63 bits per heavy atom. The Hall–Kier alpha value is -3.60. The van der Waals surface area contributed by atoms with Crippen molar-refractivity contribution in [1.29, 1.82) is 0 Å². The van der Waals surface area contributed by atoms with Crippen molar-refractivity contribution >= 4 is 11.9 Å². The van der Waals surface area contributed by atoms with E-state index in [-0.39, 0.29) is 11.9 Å². The SMILES string of the molecule is NC(=O)N1Cc2ccccc2C1c1ccc(C(=O)NCCCc2ccccc2)cc1. The summed E-state index contributed by atoms with van der Waals surface area (Å²) in [4.78, 5) is 26.1. The van der Waals surface area contributed by atoms with Crippen LogP contribution in [0.3, 0.4) is 0 Å². The topological polar surface area (TPSA) is 75.4 Å². The number of hydrogen-bond donors (Lipinski definition) is 2. The molecule has 5 nitrogen and oxygen atoms in total. The van der Waals surface area contributed by atoms with Crippen LogP contribution in [-0.4, -0.2) is 23.4 Å². The molecule has 152 valence electrons. The van der Waals surface area contributed by atoms with Gasteiger partial charge in [0, 0.05) is 18.7 Å². The largest absolute Gasteiger partial charge is 0.352 e. The minimum Gasteiger partial charge on any atom is -0.352 e. The lowest BCUT2D eigenvalue weighted by Crippen LogP contribution is -2.34. The van der Waals surface area contributed by atoms with E-state index in [0.29, 0.717) is 18.7 Å². The Kier molecular flexibility index (Phi) is 5.80. The number of fused-ring (bicyclic) bond motifs is 1. The number of urea groups is 1. The van der Waals surface area contributed by atoms with Crippen molar-refractivity contribution in [2.24, 2.45) is 5.73 Å². The lowest BCUT2D eigenvalue weighted by Gasteiger charge is -2.24. The lowest BCUT2D eigenvalue weighted by molar-refractivity contribution is 0.0953. The summed E-state index contributed by atoms with van der Waals surface area (Å²) in [6.45, 7) is 1.13. The second-order valence-electron chi connectivity index (χ2n) is 7.53. The fraction of sp³-hybridized carbons (Fsp3) is 0.200. The minimum absolute atomic E-state index is 0.0896. The molecule has 3 aromatic carbocycles. The van der Waals surface area contributed by atoms with Crippen LogP contribution in [0.15, 0.2) is 78.9 Å². The number of nitrogens with two attached hydrogens (primary N) is 1. The first-order chi connectivity index (χ1) is 14.6. The third-order valence-corrected chi connectivity index (χ3v) is 5.54. The molecule has 3 N–H and O–H groups in total. The molecule has 0 saturated carbocycles. The van der Waals surface area contributed by atoms with Crippen LogP contribution in [0.25, 0.3) is 0 Å². The van der Waals surface area contributed by atoms with Gasteiger partial charge in [-0.3, -0.25) is 4.79 Å². The Bertz CT molecular complexity index is 1030. The summed E-state index contributed by atoms with van der Waals surface area (Å²) in [5.74, 6) is -0.0896. The molecule has 5 heteroatoms. The third-order valence-electron chi connectivity index (χ3n) is 5.54. The number of rotatable bonds is 6. The number of amides is 3. The van der Waals surface area contributed by atoms with Crippen molar-refractivity contribution in [2.75, 3.05) is 6.54 Å². The van der Waals surface area contributed by atoms with E-state index in [2.05, 4.69) is 17.4 Å². The molecule has 1 heterocycles. The Morgan fingerprint density at radius 1 is 0.933 bits per heavy atom. The van der Waals surface area contributed by atoms with E-state index >= 15 is 0 Å². The predicted octanol–water partition coefficient (Wildman–Crippen LogP) is 4.03. The summed E-state index contributed by atoms with van der Waals surface area (Å²) in [7, 11) is 0. The van der Waals surface area contributed by atoms with Crippen LogP contribution in [-0.2, 0) is 13.0 Å². The summed E-state index contributed by atoms with van der Waals surface area (Å²) in [5, 5.41) is 2.98. The molecule has 30 heavy (non-hydrogen) atoms. The fourth-order valence-electron chi connectivity index (χ4n) is 4.01. The molecule has 4 rings (SSSR count). The van der Waals surface area contributed by atoms with Crippen LogP contribution >= 0.6 is 0 Å². The molecule has 1 aliphatic rings. The number of carbonyl (C=O) groups excluding carboxylic acids is 2. The van der Waals surface area contributed by atoms with Crippen molar-refractivity contribution in [2.45, 2.75) is 25.4 Å². The van der Waals surface area contributed by atoms with Crippen LogP contribution in [0.2, 0.25) is 0 Å². The Labute approximate surface area is 176 Å². The van der Waals surface area contributed by atoms with E-state index in [1.54, 1.807) is 4.90 Å². The van der Waals surface area contributed by atoms with E-state index in [0.717, 1.165) is 29.5 Å². The average molecular weight is 399 g/mol. The van der Waals surface area contributed by atoms with Crippen LogP contribution < -0.4 is 11.1 Å². The van der Waals surface area contributed by atoms with Gasteiger partial charge in [0.05, 0.1) is 6.04 Å². The van der Waals surface area contributed by atoms with Gasteiger partial charge in [0.2, 0.25) is 0 Å². The Balaban J connectivity index is 1.39. The molecule has 3 amide bonds. The van der Waals surface area contributed by atoms with Gasteiger partial charge >= 0.3 is 6.03 Å². The summed E-state index contributed by atoms with van der Waals surface area (Å²) in [6, 6.07) is 25.0. The number of benzene rings is 3. The predicted molar refractivity (Wildman–Crippen MR) is 117 cm³/mol. The third kappa shape index (κ3) is 4.20. The van der Waals surface area contributed by atoms with Crippen molar-refractivity contribution in [3.05, 3.63) is 107 Å². The van der Waals surface area contributed by atoms with Crippen molar-refractivity contribution in [3.63, 3.8) is 0 Å². The molecule has 0 aromatic heterocycles. The van der Waals surface area contributed by atoms with Crippen molar-refractivity contribution in [3.8, 4) is 0 Å². The quantitative estimate of drug-likeness (QED) is 0.614. The maximum atomic E-state index is 12.5. The molecule has 0 bridgehead atoms. The maximum absolute atomic E-state index is 12.5. The number of primary amides is 1.